The quantitative estimate of drug-likeness (QED) is 0.911. The van der Waals surface area contributed by atoms with Crippen molar-refractivity contribution in [1.82, 2.24) is 15.0 Å². The zero-order valence-corrected chi connectivity index (χ0v) is 11.7. The van der Waals surface area contributed by atoms with E-state index in [1.54, 1.807) is 16.8 Å². The normalized spacial score (nSPS) is 15.5. The topological polar surface area (TPSA) is 60.2 Å². The van der Waals surface area contributed by atoms with E-state index >= 15 is 0 Å². The van der Waals surface area contributed by atoms with Gasteiger partial charge in [0.05, 0.1) is 17.9 Å². The summed E-state index contributed by atoms with van der Waals surface area (Å²) in [6, 6.07) is 5.74. The molecule has 1 aliphatic rings. The average molecular weight is 291 g/mol. The third kappa shape index (κ3) is 3.39. The fraction of sp³-hybridized carbons (Fsp3) is 0.467. The third-order valence-electron chi connectivity index (χ3n) is 3.63. The number of hydrogen-bond donors (Lipinski definition) is 1. The Kier molecular flexibility index (Phi) is 4.15. The number of halogens is 1. The van der Waals surface area contributed by atoms with Gasteiger partial charge in [0, 0.05) is 0 Å². The molecule has 112 valence electrons. The highest BCUT2D eigenvalue weighted by Crippen LogP contribution is 2.19. The number of rotatable bonds is 5. The molecule has 0 amide bonds. The smallest absolute Gasteiger partial charge is 0.123 e. The highest BCUT2D eigenvalue weighted by molar-refractivity contribution is 5.22. The molecular formula is C15H18FN3O2. The first-order valence-electron chi connectivity index (χ1n) is 7.20. The van der Waals surface area contributed by atoms with Gasteiger partial charge in [-0.15, -0.1) is 5.10 Å². The van der Waals surface area contributed by atoms with Crippen LogP contribution in [0.3, 0.4) is 0 Å². The van der Waals surface area contributed by atoms with Crippen LogP contribution < -0.4 is 4.74 Å². The Hall–Kier alpha value is -1.95. The number of aromatic nitrogens is 3. The molecule has 1 atom stereocenters. The molecule has 1 aromatic heterocycles. The van der Waals surface area contributed by atoms with Gasteiger partial charge in [-0.25, -0.2) is 9.07 Å². The number of nitrogens with zero attached hydrogens (tertiary/aromatic N) is 3. The lowest BCUT2D eigenvalue weighted by Crippen LogP contribution is -2.25. The maximum atomic E-state index is 12.8. The third-order valence-corrected chi connectivity index (χ3v) is 3.63. The maximum absolute atomic E-state index is 12.8. The maximum Gasteiger partial charge on any atom is 0.123 e. The number of aliphatic hydroxyl groups excluding tert-OH is 1. The van der Waals surface area contributed by atoms with Crippen molar-refractivity contribution in [3.63, 3.8) is 0 Å². The molecule has 0 saturated carbocycles. The van der Waals surface area contributed by atoms with Crippen LogP contribution in [0.25, 0.3) is 0 Å². The van der Waals surface area contributed by atoms with Gasteiger partial charge in [0.25, 0.3) is 0 Å². The lowest BCUT2D eigenvalue weighted by atomic mass is 10.0. The highest BCUT2D eigenvalue weighted by atomic mass is 19.1. The highest BCUT2D eigenvalue weighted by Gasteiger charge is 2.18. The van der Waals surface area contributed by atoms with E-state index < -0.39 is 6.10 Å². The molecule has 0 radical (unpaired) electrons. The Bertz CT molecular complexity index is 597. The Balaban J connectivity index is 1.55. The summed E-state index contributed by atoms with van der Waals surface area (Å²) in [7, 11) is 0. The van der Waals surface area contributed by atoms with Crippen molar-refractivity contribution in [2.45, 2.75) is 38.3 Å². The molecule has 1 heterocycles. The second kappa shape index (κ2) is 6.22. The predicted octanol–water partition coefficient (Wildman–Crippen LogP) is 1.74. The van der Waals surface area contributed by atoms with Crippen molar-refractivity contribution in [3.8, 4) is 5.75 Å². The van der Waals surface area contributed by atoms with E-state index in [0.29, 0.717) is 12.3 Å². The van der Waals surface area contributed by atoms with Crippen LogP contribution in [-0.2, 0) is 19.4 Å². The zero-order chi connectivity index (χ0) is 14.7. The summed E-state index contributed by atoms with van der Waals surface area (Å²) in [6.45, 7) is 0.504. The van der Waals surface area contributed by atoms with E-state index in [9.17, 15) is 9.50 Å². The number of aliphatic hydroxyl groups is 1. The van der Waals surface area contributed by atoms with Crippen molar-refractivity contribution in [2.24, 2.45) is 0 Å². The summed E-state index contributed by atoms with van der Waals surface area (Å²) < 4.78 is 20.0. The van der Waals surface area contributed by atoms with Crippen molar-refractivity contribution in [2.75, 3.05) is 6.61 Å². The van der Waals surface area contributed by atoms with Crippen LogP contribution in [0, 0.1) is 5.82 Å². The number of ether oxygens (including phenoxy) is 1. The molecule has 0 aliphatic heterocycles. The zero-order valence-electron chi connectivity index (χ0n) is 11.7. The predicted molar refractivity (Wildman–Crippen MR) is 74.6 cm³/mol. The Morgan fingerprint density at radius 3 is 2.81 bits per heavy atom. The van der Waals surface area contributed by atoms with E-state index in [1.165, 1.54) is 12.1 Å². The molecule has 3 rings (SSSR count). The Morgan fingerprint density at radius 2 is 2.00 bits per heavy atom. The van der Waals surface area contributed by atoms with E-state index in [0.717, 1.165) is 37.1 Å². The largest absolute Gasteiger partial charge is 0.491 e. The molecule has 1 unspecified atom stereocenters. The molecule has 0 saturated heterocycles. The van der Waals surface area contributed by atoms with Crippen LogP contribution in [0.1, 0.15) is 24.2 Å². The van der Waals surface area contributed by atoms with Crippen molar-refractivity contribution >= 4 is 0 Å². The number of fused-ring (bicyclic) bond motifs is 1. The molecule has 0 fully saturated rings. The minimum Gasteiger partial charge on any atom is -0.491 e. The van der Waals surface area contributed by atoms with Gasteiger partial charge in [-0.2, -0.15) is 0 Å². The van der Waals surface area contributed by atoms with Crippen LogP contribution in [0.4, 0.5) is 4.39 Å². The standard InChI is InChI=1S/C15H18FN3O2/c16-11-5-7-13(8-6-11)21-10-12(20)9-19-15-4-2-1-3-14(15)17-18-19/h5-8,12,20H,1-4,9-10H2. The van der Waals surface area contributed by atoms with E-state index in [-0.39, 0.29) is 12.4 Å². The van der Waals surface area contributed by atoms with Crippen LogP contribution in [0.15, 0.2) is 24.3 Å². The summed E-state index contributed by atoms with van der Waals surface area (Å²) in [5.41, 5.74) is 2.18. The van der Waals surface area contributed by atoms with E-state index in [1.807, 2.05) is 0 Å². The van der Waals surface area contributed by atoms with Gasteiger partial charge in [-0.3, -0.25) is 0 Å². The van der Waals surface area contributed by atoms with Gasteiger partial charge in [-0.05, 0) is 49.9 Å². The molecule has 1 N–H and O–H groups in total. The second-order valence-electron chi connectivity index (χ2n) is 5.29. The van der Waals surface area contributed by atoms with Crippen molar-refractivity contribution in [3.05, 3.63) is 41.5 Å². The molecule has 2 aromatic rings. The average Bonchev–Trinajstić information content (AvgIpc) is 2.90. The molecule has 1 aliphatic carbocycles. The second-order valence-corrected chi connectivity index (χ2v) is 5.29. The lowest BCUT2D eigenvalue weighted by Gasteiger charge is -2.15. The van der Waals surface area contributed by atoms with Gasteiger partial charge < -0.3 is 9.84 Å². The van der Waals surface area contributed by atoms with Gasteiger partial charge in [0.1, 0.15) is 24.3 Å². The summed E-state index contributed by atoms with van der Waals surface area (Å²) in [6.07, 6.45) is 3.55. The summed E-state index contributed by atoms with van der Waals surface area (Å²) in [4.78, 5) is 0. The number of hydrogen-bond acceptors (Lipinski definition) is 4. The van der Waals surface area contributed by atoms with Gasteiger partial charge in [0.2, 0.25) is 0 Å². The first-order valence-corrected chi connectivity index (χ1v) is 7.20. The summed E-state index contributed by atoms with van der Waals surface area (Å²) >= 11 is 0. The summed E-state index contributed by atoms with van der Waals surface area (Å²) in [5.74, 6) is 0.230. The monoisotopic (exact) mass is 291 g/mol. The number of aryl methyl sites for hydroxylation is 1. The molecule has 6 heteroatoms. The van der Waals surface area contributed by atoms with Crippen molar-refractivity contribution in [1.29, 1.82) is 0 Å². The summed E-state index contributed by atoms with van der Waals surface area (Å²) in [5, 5.41) is 18.3. The first kappa shape index (κ1) is 14.0. The van der Waals surface area contributed by atoms with E-state index in [2.05, 4.69) is 10.3 Å². The van der Waals surface area contributed by atoms with E-state index in [4.69, 9.17) is 4.74 Å². The molecule has 5 nitrogen and oxygen atoms in total. The first-order chi connectivity index (χ1) is 10.2. The molecule has 0 spiro atoms. The van der Waals surface area contributed by atoms with Crippen LogP contribution >= 0.6 is 0 Å². The van der Waals surface area contributed by atoms with Crippen molar-refractivity contribution < 1.29 is 14.2 Å². The Morgan fingerprint density at radius 1 is 1.24 bits per heavy atom. The van der Waals surface area contributed by atoms with Gasteiger partial charge in [-0.1, -0.05) is 5.21 Å². The van der Waals surface area contributed by atoms with Gasteiger partial charge in [0.15, 0.2) is 0 Å². The number of benzene rings is 1. The molecule has 0 bridgehead atoms. The SMILES string of the molecule is OC(COc1ccc(F)cc1)Cn1nnc2c1CCCC2. The minimum atomic E-state index is -0.678. The molecular weight excluding hydrogens is 273 g/mol. The van der Waals surface area contributed by atoms with Crippen LogP contribution in [-0.4, -0.2) is 32.8 Å². The fourth-order valence-corrected chi connectivity index (χ4v) is 2.54. The van der Waals surface area contributed by atoms with Crippen LogP contribution in [0.5, 0.6) is 5.75 Å². The molecule has 21 heavy (non-hydrogen) atoms. The Labute approximate surface area is 122 Å². The molecule has 1 aromatic carbocycles. The lowest BCUT2D eigenvalue weighted by molar-refractivity contribution is 0.0879. The van der Waals surface area contributed by atoms with Gasteiger partial charge >= 0.3 is 0 Å². The van der Waals surface area contributed by atoms with Crippen LogP contribution in [0.2, 0.25) is 0 Å². The fourth-order valence-electron chi connectivity index (χ4n) is 2.54. The minimum absolute atomic E-state index is 0.139.